The number of fused-ring (bicyclic) bond motifs is 1. The predicted molar refractivity (Wildman–Crippen MR) is 124 cm³/mol. The van der Waals surface area contributed by atoms with E-state index in [4.69, 9.17) is 4.43 Å². The molecule has 4 heteroatoms. The predicted octanol–water partition coefficient (Wildman–Crippen LogP) is 4.37. The zero-order valence-electron chi connectivity index (χ0n) is 18.0. The first-order valence-corrected chi connectivity index (χ1v) is 15.0. The number of Topliss-reactive ketones (excluding diaryl/α,β-unsaturated/α-hetero) is 1. The Kier molecular flexibility index (Phi) is 6.93. The maximum atomic E-state index is 13.1. The molecule has 0 radical (unpaired) electrons. The summed E-state index contributed by atoms with van der Waals surface area (Å²) in [6.45, 7) is 11.3. The average molecular weight is 470 g/mol. The SMILES string of the molecule is CC(C)(C)[Si](C)(C)OC1C#C/C=C\C#CC[C@@H]2[C@H]([Se]c3ccccc3)C(=O)C[C@@H]12. The van der Waals surface area contributed by atoms with Crippen LogP contribution in [-0.4, -0.2) is 35.2 Å². The average Bonchev–Trinajstić information content (AvgIpc) is 2.96. The van der Waals surface area contributed by atoms with E-state index >= 15 is 0 Å². The van der Waals surface area contributed by atoms with Crippen LogP contribution < -0.4 is 4.46 Å². The Balaban J connectivity index is 1.92. The molecule has 1 fully saturated rings. The number of hydrogen-bond donors (Lipinski definition) is 0. The second-order valence-corrected chi connectivity index (χ2v) is 16.6. The van der Waals surface area contributed by atoms with E-state index in [1.165, 1.54) is 4.46 Å². The van der Waals surface area contributed by atoms with Gasteiger partial charge in [-0.1, -0.05) is 0 Å². The van der Waals surface area contributed by atoms with Crippen molar-refractivity contribution in [1.82, 2.24) is 0 Å². The van der Waals surface area contributed by atoms with Crippen LogP contribution >= 0.6 is 0 Å². The van der Waals surface area contributed by atoms with Crippen LogP contribution in [0.15, 0.2) is 42.5 Å². The van der Waals surface area contributed by atoms with Crippen molar-refractivity contribution in [3.63, 3.8) is 0 Å². The van der Waals surface area contributed by atoms with E-state index < -0.39 is 8.32 Å². The molecule has 1 unspecified atom stereocenters. The van der Waals surface area contributed by atoms with Crippen molar-refractivity contribution in [2.75, 3.05) is 0 Å². The van der Waals surface area contributed by atoms with Crippen molar-refractivity contribution >= 4 is 33.5 Å². The molecular weight excluding hydrogens is 439 g/mol. The van der Waals surface area contributed by atoms with E-state index in [1.54, 1.807) is 6.08 Å². The normalized spacial score (nSPS) is 27.8. The Labute approximate surface area is 183 Å². The van der Waals surface area contributed by atoms with E-state index in [1.807, 2.05) is 12.1 Å². The standard InChI is InChI=1S/C25H30O2SeSi/c1-25(2,3)29(4,5)27-23-17-13-8-6-7-12-16-20-21(23)18-22(26)24(20)28-19-14-10-9-11-15-19/h6,8-11,14-15,20-21,23-24H,16,18H2,1-5H3/b8-6-/t20-,21+,23?,24-/m0/s1. The Morgan fingerprint density at radius 2 is 1.76 bits per heavy atom. The molecule has 1 aromatic carbocycles. The second kappa shape index (κ2) is 9.07. The molecule has 2 aliphatic rings. The van der Waals surface area contributed by atoms with E-state index in [-0.39, 0.29) is 42.8 Å². The van der Waals surface area contributed by atoms with Gasteiger partial charge in [-0.3, -0.25) is 0 Å². The Morgan fingerprint density at radius 1 is 1.07 bits per heavy atom. The first-order valence-electron chi connectivity index (χ1n) is 10.3. The van der Waals surface area contributed by atoms with Crippen molar-refractivity contribution in [1.29, 1.82) is 0 Å². The number of benzene rings is 1. The summed E-state index contributed by atoms with van der Waals surface area (Å²) < 4.78 is 8.05. The van der Waals surface area contributed by atoms with Gasteiger partial charge in [0.05, 0.1) is 0 Å². The summed E-state index contributed by atoms with van der Waals surface area (Å²) in [6, 6.07) is 10.4. The van der Waals surface area contributed by atoms with Gasteiger partial charge in [-0.15, -0.1) is 0 Å². The molecular formula is C25H30O2SeSi. The number of hydrogen-bond acceptors (Lipinski definition) is 2. The molecule has 0 bridgehead atoms. The minimum absolute atomic E-state index is 0.0555. The van der Waals surface area contributed by atoms with Gasteiger partial charge >= 0.3 is 183 Å². The van der Waals surface area contributed by atoms with Gasteiger partial charge in [0.1, 0.15) is 0 Å². The molecule has 2 aliphatic carbocycles. The van der Waals surface area contributed by atoms with Gasteiger partial charge in [-0.25, -0.2) is 0 Å². The van der Waals surface area contributed by atoms with Gasteiger partial charge < -0.3 is 0 Å². The third-order valence-electron chi connectivity index (χ3n) is 6.23. The number of rotatable bonds is 4. The number of carbonyl (C=O) groups is 1. The zero-order chi connectivity index (χ0) is 21.1. The monoisotopic (exact) mass is 470 g/mol. The number of ketones is 1. The molecule has 0 aromatic heterocycles. The van der Waals surface area contributed by atoms with Crippen LogP contribution in [-0.2, 0) is 9.22 Å². The molecule has 29 heavy (non-hydrogen) atoms. The van der Waals surface area contributed by atoms with E-state index in [0.717, 1.165) is 6.42 Å². The molecule has 4 atom stereocenters. The Morgan fingerprint density at radius 3 is 2.45 bits per heavy atom. The van der Waals surface area contributed by atoms with Gasteiger partial charge in [0.2, 0.25) is 0 Å². The molecule has 2 nitrogen and oxygen atoms in total. The fourth-order valence-corrected chi connectivity index (χ4v) is 7.49. The third kappa shape index (κ3) is 5.33. The fraction of sp³-hybridized carbons (Fsp3) is 0.480. The van der Waals surface area contributed by atoms with Crippen molar-refractivity contribution in [2.24, 2.45) is 11.8 Å². The van der Waals surface area contributed by atoms with Gasteiger partial charge in [0.25, 0.3) is 0 Å². The van der Waals surface area contributed by atoms with Crippen LogP contribution in [0.2, 0.25) is 22.9 Å². The molecule has 3 rings (SSSR count). The molecule has 0 spiro atoms. The van der Waals surface area contributed by atoms with Crippen molar-refractivity contribution in [3.8, 4) is 23.7 Å². The summed E-state index contributed by atoms with van der Waals surface area (Å²) in [6.07, 6.45) is 4.70. The topological polar surface area (TPSA) is 26.3 Å². The number of allylic oxidation sites excluding steroid dienone is 2. The van der Waals surface area contributed by atoms with Gasteiger partial charge in [0, 0.05) is 0 Å². The van der Waals surface area contributed by atoms with Crippen LogP contribution in [0, 0.1) is 35.5 Å². The fourth-order valence-electron chi connectivity index (χ4n) is 3.52. The summed E-state index contributed by atoms with van der Waals surface area (Å²) in [5, 5.41) is 0.102. The molecule has 0 saturated heterocycles. The van der Waals surface area contributed by atoms with Gasteiger partial charge in [0.15, 0.2) is 0 Å². The van der Waals surface area contributed by atoms with Crippen LogP contribution in [0.5, 0.6) is 0 Å². The quantitative estimate of drug-likeness (QED) is 0.484. The molecule has 0 aliphatic heterocycles. The minimum atomic E-state index is -2.01. The van der Waals surface area contributed by atoms with Crippen molar-refractivity contribution < 1.29 is 9.22 Å². The van der Waals surface area contributed by atoms with E-state index in [9.17, 15) is 4.79 Å². The van der Waals surface area contributed by atoms with Crippen LogP contribution in [0.1, 0.15) is 33.6 Å². The van der Waals surface area contributed by atoms with Crippen LogP contribution in [0.3, 0.4) is 0 Å². The zero-order valence-corrected chi connectivity index (χ0v) is 20.7. The molecule has 1 aromatic rings. The Hall–Kier alpha value is -1.55. The Bertz CT molecular complexity index is 890. The van der Waals surface area contributed by atoms with Gasteiger partial charge in [-0.05, 0) is 0 Å². The summed E-state index contributed by atoms with van der Waals surface area (Å²) in [4.78, 5) is 13.2. The van der Waals surface area contributed by atoms with Crippen molar-refractivity contribution in [2.45, 2.75) is 62.7 Å². The second-order valence-electron chi connectivity index (χ2n) is 9.30. The first kappa shape index (κ1) is 22.1. The number of carbonyl (C=O) groups excluding carboxylic acids is 1. The maximum absolute atomic E-state index is 13.1. The van der Waals surface area contributed by atoms with Gasteiger partial charge in [-0.2, -0.15) is 0 Å². The summed E-state index contributed by atoms with van der Waals surface area (Å²) in [5.74, 6) is 13.6. The third-order valence-corrected chi connectivity index (χ3v) is 13.6. The first-order chi connectivity index (χ1) is 13.7. The van der Waals surface area contributed by atoms with Crippen LogP contribution in [0.25, 0.3) is 0 Å². The molecule has 1 saturated carbocycles. The molecule has 152 valence electrons. The molecule has 0 N–H and O–H groups in total. The summed E-state index contributed by atoms with van der Waals surface area (Å²) in [7, 11) is -2.01. The van der Waals surface area contributed by atoms with Crippen LogP contribution in [0.4, 0.5) is 0 Å². The summed E-state index contributed by atoms with van der Waals surface area (Å²) in [5.41, 5.74) is 0. The molecule has 0 heterocycles. The molecule has 0 amide bonds. The van der Waals surface area contributed by atoms with Crippen molar-refractivity contribution in [3.05, 3.63) is 42.5 Å². The van der Waals surface area contributed by atoms with E-state index in [2.05, 4.69) is 81.8 Å². The van der Waals surface area contributed by atoms with E-state index in [0.29, 0.717) is 12.2 Å². The summed E-state index contributed by atoms with van der Waals surface area (Å²) >= 11 is 0.106.